The topological polar surface area (TPSA) is 49.8 Å². The van der Waals surface area contributed by atoms with Crippen LogP contribution in [0.15, 0.2) is 54.6 Å². The van der Waals surface area contributed by atoms with Crippen molar-refractivity contribution >= 4 is 11.6 Å². The largest absolute Gasteiger partial charge is 0.484 e. The molecule has 1 aliphatic heterocycles. The molecule has 0 fully saturated rings. The molecule has 0 saturated carbocycles. The van der Waals surface area contributed by atoms with E-state index in [0.29, 0.717) is 18.7 Å². The molecule has 3 rings (SSSR count). The molecule has 0 spiro atoms. The minimum atomic E-state index is -0.895. The molecular formula is C18H19NO3. The van der Waals surface area contributed by atoms with E-state index in [2.05, 4.69) is 0 Å². The first-order valence-electron chi connectivity index (χ1n) is 7.38. The van der Waals surface area contributed by atoms with E-state index in [-0.39, 0.29) is 12.5 Å². The number of amides is 1. The zero-order valence-corrected chi connectivity index (χ0v) is 12.5. The fraction of sp³-hybridized carbons (Fsp3) is 0.278. The Balaban J connectivity index is 1.76. The summed E-state index contributed by atoms with van der Waals surface area (Å²) in [5.41, 5.74) is 0.655. The summed E-state index contributed by atoms with van der Waals surface area (Å²) in [6.45, 7) is 2.26. The number of anilines is 1. The van der Waals surface area contributed by atoms with Gasteiger partial charge in [0.15, 0.2) is 6.61 Å². The molecule has 114 valence electrons. The van der Waals surface area contributed by atoms with Gasteiger partial charge >= 0.3 is 0 Å². The lowest BCUT2D eigenvalue weighted by atomic mass is 9.87. The van der Waals surface area contributed by atoms with Gasteiger partial charge < -0.3 is 14.7 Å². The van der Waals surface area contributed by atoms with Crippen LogP contribution in [0.25, 0.3) is 0 Å². The zero-order valence-electron chi connectivity index (χ0n) is 12.5. The van der Waals surface area contributed by atoms with Gasteiger partial charge in [-0.05, 0) is 31.5 Å². The molecule has 1 unspecified atom stereocenters. The molecule has 1 atom stereocenters. The number of aliphatic hydroxyl groups is 1. The molecular weight excluding hydrogens is 278 g/mol. The van der Waals surface area contributed by atoms with E-state index < -0.39 is 5.60 Å². The Morgan fingerprint density at radius 1 is 1.18 bits per heavy atom. The molecule has 1 aliphatic rings. The standard InChI is InChI=1S/C18H19NO3/c1-18(21)11-12-19(16-10-6-5-9-15(16)18)17(20)13-22-14-7-3-2-4-8-14/h2-10,21H,11-13H2,1H3. The van der Waals surface area contributed by atoms with Crippen LogP contribution in [0.2, 0.25) is 0 Å². The third-order valence-electron chi connectivity index (χ3n) is 4.00. The Bertz CT molecular complexity index is 667. The van der Waals surface area contributed by atoms with Gasteiger partial charge in [0.25, 0.3) is 5.91 Å². The number of fused-ring (bicyclic) bond motifs is 1. The van der Waals surface area contributed by atoms with Crippen molar-refractivity contribution in [2.45, 2.75) is 18.9 Å². The highest BCUT2D eigenvalue weighted by Gasteiger charge is 2.35. The van der Waals surface area contributed by atoms with Gasteiger partial charge in [-0.25, -0.2) is 0 Å². The molecule has 1 amide bonds. The van der Waals surface area contributed by atoms with Crippen molar-refractivity contribution < 1.29 is 14.6 Å². The molecule has 2 aromatic carbocycles. The normalized spacial score (nSPS) is 20.4. The number of hydrogen-bond donors (Lipinski definition) is 1. The van der Waals surface area contributed by atoms with Crippen molar-refractivity contribution in [1.82, 2.24) is 0 Å². The number of ether oxygens (including phenoxy) is 1. The van der Waals surface area contributed by atoms with Crippen molar-refractivity contribution in [3.63, 3.8) is 0 Å². The Morgan fingerprint density at radius 3 is 2.64 bits per heavy atom. The van der Waals surface area contributed by atoms with Crippen molar-refractivity contribution in [1.29, 1.82) is 0 Å². The van der Waals surface area contributed by atoms with Crippen LogP contribution in [-0.2, 0) is 10.4 Å². The van der Waals surface area contributed by atoms with E-state index in [4.69, 9.17) is 4.74 Å². The summed E-state index contributed by atoms with van der Waals surface area (Å²) in [5, 5.41) is 10.5. The quantitative estimate of drug-likeness (QED) is 0.947. The highest BCUT2D eigenvalue weighted by Crippen LogP contribution is 2.37. The van der Waals surface area contributed by atoms with E-state index in [1.54, 1.807) is 11.8 Å². The second-order valence-corrected chi connectivity index (χ2v) is 5.69. The van der Waals surface area contributed by atoms with Crippen molar-refractivity contribution in [3.8, 4) is 5.75 Å². The van der Waals surface area contributed by atoms with Gasteiger partial charge in [-0.1, -0.05) is 36.4 Å². The number of carbonyl (C=O) groups is 1. The van der Waals surface area contributed by atoms with Crippen LogP contribution in [0.1, 0.15) is 18.9 Å². The predicted molar refractivity (Wildman–Crippen MR) is 84.9 cm³/mol. The minimum Gasteiger partial charge on any atom is -0.484 e. The number of rotatable bonds is 3. The predicted octanol–water partition coefficient (Wildman–Crippen LogP) is 2.71. The highest BCUT2D eigenvalue weighted by atomic mass is 16.5. The van der Waals surface area contributed by atoms with E-state index in [1.807, 2.05) is 54.6 Å². The second kappa shape index (κ2) is 5.81. The maximum atomic E-state index is 12.5. The van der Waals surface area contributed by atoms with E-state index in [9.17, 15) is 9.90 Å². The Morgan fingerprint density at radius 2 is 1.86 bits per heavy atom. The average molecular weight is 297 g/mol. The lowest BCUT2D eigenvalue weighted by molar-refractivity contribution is -0.121. The molecule has 22 heavy (non-hydrogen) atoms. The van der Waals surface area contributed by atoms with Crippen LogP contribution in [0.4, 0.5) is 5.69 Å². The van der Waals surface area contributed by atoms with Gasteiger partial charge in [0, 0.05) is 17.8 Å². The zero-order chi connectivity index (χ0) is 15.6. The van der Waals surface area contributed by atoms with E-state index in [1.165, 1.54) is 0 Å². The van der Waals surface area contributed by atoms with E-state index >= 15 is 0 Å². The van der Waals surface area contributed by atoms with Crippen LogP contribution in [0, 0.1) is 0 Å². The SMILES string of the molecule is CC1(O)CCN(C(=O)COc2ccccc2)c2ccccc21. The summed E-state index contributed by atoms with van der Waals surface area (Å²) in [7, 11) is 0. The Hall–Kier alpha value is -2.33. The lowest BCUT2D eigenvalue weighted by Gasteiger charge is -2.37. The number of carbonyl (C=O) groups excluding carboxylic acids is 1. The fourth-order valence-electron chi connectivity index (χ4n) is 2.75. The maximum Gasteiger partial charge on any atom is 0.264 e. The highest BCUT2D eigenvalue weighted by molar-refractivity contribution is 5.95. The molecule has 0 aliphatic carbocycles. The molecule has 1 heterocycles. The molecule has 0 saturated heterocycles. The summed E-state index contributed by atoms with van der Waals surface area (Å²) in [6.07, 6.45) is 0.515. The smallest absolute Gasteiger partial charge is 0.264 e. The molecule has 1 N–H and O–H groups in total. The van der Waals surface area contributed by atoms with Crippen LogP contribution in [-0.4, -0.2) is 24.2 Å². The summed E-state index contributed by atoms with van der Waals surface area (Å²) in [4.78, 5) is 14.2. The lowest BCUT2D eigenvalue weighted by Crippen LogP contribution is -2.44. The number of nitrogens with zero attached hydrogens (tertiary/aromatic N) is 1. The number of benzene rings is 2. The molecule has 0 bridgehead atoms. The Labute approximate surface area is 130 Å². The first-order valence-corrected chi connectivity index (χ1v) is 7.38. The molecule has 0 radical (unpaired) electrons. The van der Waals surface area contributed by atoms with Gasteiger partial charge in [0.1, 0.15) is 5.75 Å². The summed E-state index contributed by atoms with van der Waals surface area (Å²) >= 11 is 0. The van der Waals surface area contributed by atoms with E-state index in [0.717, 1.165) is 11.3 Å². The number of para-hydroxylation sites is 2. The fourth-order valence-corrected chi connectivity index (χ4v) is 2.75. The molecule has 2 aromatic rings. The average Bonchev–Trinajstić information content (AvgIpc) is 2.54. The van der Waals surface area contributed by atoms with Crippen LogP contribution in [0.5, 0.6) is 5.75 Å². The third kappa shape index (κ3) is 2.83. The van der Waals surface area contributed by atoms with Crippen LogP contribution in [0.3, 0.4) is 0 Å². The van der Waals surface area contributed by atoms with Gasteiger partial charge in [-0.15, -0.1) is 0 Å². The van der Waals surface area contributed by atoms with Gasteiger partial charge in [0.2, 0.25) is 0 Å². The first kappa shape index (κ1) is 14.6. The van der Waals surface area contributed by atoms with Gasteiger partial charge in [-0.3, -0.25) is 4.79 Å². The second-order valence-electron chi connectivity index (χ2n) is 5.69. The summed E-state index contributed by atoms with van der Waals surface area (Å²) < 4.78 is 5.53. The first-order chi connectivity index (χ1) is 10.6. The summed E-state index contributed by atoms with van der Waals surface area (Å²) in [5.74, 6) is 0.569. The van der Waals surface area contributed by atoms with Gasteiger partial charge in [-0.2, -0.15) is 0 Å². The maximum absolute atomic E-state index is 12.5. The van der Waals surface area contributed by atoms with Gasteiger partial charge in [0.05, 0.1) is 5.60 Å². The van der Waals surface area contributed by atoms with Crippen molar-refractivity contribution in [2.75, 3.05) is 18.1 Å². The summed E-state index contributed by atoms with van der Waals surface area (Å²) in [6, 6.07) is 16.8. The molecule has 4 nitrogen and oxygen atoms in total. The van der Waals surface area contributed by atoms with Crippen molar-refractivity contribution in [3.05, 3.63) is 60.2 Å². The van der Waals surface area contributed by atoms with Crippen LogP contribution >= 0.6 is 0 Å². The minimum absolute atomic E-state index is 0.0134. The third-order valence-corrected chi connectivity index (χ3v) is 4.00. The van der Waals surface area contributed by atoms with Crippen molar-refractivity contribution in [2.24, 2.45) is 0 Å². The van der Waals surface area contributed by atoms with Crippen LogP contribution < -0.4 is 9.64 Å². The monoisotopic (exact) mass is 297 g/mol. The molecule has 0 aromatic heterocycles. The number of hydrogen-bond acceptors (Lipinski definition) is 3. The molecule has 4 heteroatoms. The Kier molecular flexibility index (Phi) is 3.86.